The van der Waals surface area contributed by atoms with Crippen molar-refractivity contribution in [2.24, 2.45) is 5.16 Å². The third kappa shape index (κ3) is 3.20. The van der Waals surface area contributed by atoms with Crippen molar-refractivity contribution in [3.63, 3.8) is 0 Å². The van der Waals surface area contributed by atoms with E-state index in [0.717, 1.165) is 18.2 Å². The summed E-state index contributed by atoms with van der Waals surface area (Å²) in [5.41, 5.74) is 0.733. The van der Waals surface area contributed by atoms with Gasteiger partial charge in [0.15, 0.2) is 0 Å². The Labute approximate surface area is 130 Å². The van der Waals surface area contributed by atoms with E-state index in [9.17, 15) is 13.6 Å². The van der Waals surface area contributed by atoms with E-state index in [2.05, 4.69) is 15.6 Å². The highest BCUT2D eigenvalue weighted by Gasteiger charge is 2.30. The largest absolute Gasteiger partial charge is 0.382 e. The highest BCUT2D eigenvalue weighted by molar-refractivity contribution is 6.06. The van der Waals surface area contributed by atoms with E-state index < -0.39 is 23.6 Å². The van der Waals surface area contributed by atoms with Gasteiger partial charge in [-0.05, 0) is 25.1 Å². The number of aromatic nitrogens is 2. The molecule has 1 N–H and O–H groups in total. The summed E-state index contributed by atoms with van der Waals surface area (Å²) in [6.07, 6.45) is 2.37. The fraction of sp³-hybridized carbons (Fsp3) is 0.267. The lowest BCUT2D eigenvalue weighted by atomic mass is 10.0. The quantitative estimate of drug-likeness (QED) is 0.940. The molecular weight excluding hydrogens is 306 g/mol. The van der Waals surface area contributed by atoms with Crippen LogP contribution in [0.1, 0.15) is 18.9 Å². The smallest absolute Gasteiger partial charge is 0.268 e. The van der Waals surface area contributed by atoms with Gasteiger partial charge in [0.05, 0.1) is 17.6 Å². The van der Waals surface area contributed by atoms with Gasteiger partial charge in [-0.3, -0.25) is 9.48 Å². The lowest BCUT2D eigenvalue weighted by molar-refractivity contribution is -0.125. The van der Waals surface area contributed by atoms with Gasteiger partial charge in [0.2, 0.25) is 6.10 Å². The van der Waals surface area contributed by atoms with Crippen LogP contribution in [-0.4, -0.2) is 27.5 Å². The number of hydrogen-bond acceptors (Lipinski definition) is 4. The van der Waals surface area contributed by atoms with Crippen LogP contribution in [0.5, 0.6) is 0 Å². The highest BCUT2D eigenvalue weighted by Crippen LogP contribution is 2.21. The molecular formula is C15H14F2N4O2. The van der Waals surface area contributed by atoms with Crippen molar-refractivity contribution >= 4 is 17.3 Å². The molecule has 8 heteroatoms. The van der Waals surface area contributed by atoms with Crippen LogP contribution in [-0.2, 0) is 16.2 Å². The Bertz CT molecular complexity index is 773. The molecule has 0 saturated carbocycles. The zero-order valence-corrected chi connectivity index (χ0v) is 12.3. The molecule has 1 aromatic heterocycles. The van der Waals surface area contributed by atoms with Gasteiger partial charge >= 0.3 is 0 Å². The van der Waals surface area contributed by atoms with E-state index in [4.69, 9.17) is 4.84 Å². The molecule has 120 valence electrons. The minimum Gasteiger partial charge on any atom is -0.382 e. The predicted molar refractivity (Wildman–Crippen MR) is 78.9 cm³/mol. The van der Waals surface area contributed by atoms with Crippen molar-refractivity contribution in [3.05, 3.63) is 47.8 Å². The van der Waals surface area contributed by atoms with Crippen molar-refractivity contribution in [1.29, 1.82) is 0 Å². The first-order valence-electron chi connectivity index (χ1n) is 7.08. The first-order chi connectivity index (χ1) is 11.1. The Morgan fingerprint density at radius 3 is 3.04 bits per heavy atom. The molecule has 2 aromatic rings. The molecule has 1 atom stereocenters. The van der Waals surface area contributed by atoms with Crippen LogP contribution in [0.3, 0.4) is 0 Å². The standard InChI is InChI=1S/C15H14F2N4O2/c1-2-21-8-10(7-18-21)19-15(22)14-6-13(20-23-14)11-5-9(16)3-4-12(11)17/h3-5,7-8,14H,2,6H2,1H3,(H,19,22)/t14-/m0/s1. The number of amides is 1. The third-order valence-corrected chi connectivity index (χ3v) is 3.43. The number of halogens is 2. The Balaban J connectivity index is 1.66. The maximum atomic E-state index is 13.7. The van der Waals surface area contributed by atoms with Gasteiger partial charge in [-0.1, -0.05) is 5.16 Å². The molecule has 6 nitrogen and oxygen atoms in total. The van der Waals surface area contributed by atoms with Crippen LogP contribution in [0.25, 0.3) is 0 Å². The van der Waals surface area contributed by atoms with Gasteiger partial charge in [-0.25, -0.2) is 8.78 Å². The normalized spacial score (nSPS) is 16.8. The van der Waals surface area contributed by atoms with Crippen molar-refractivity contribution in [2.45, 2.75) is 26.0 Å². The Kier molecular flexibility index (Phi) is 4.05. The van der Waals surface area contributed by atoms with Crippen LogP contribution < -0.4 is 5.32 Å². The van der Waals surface area contributed by atoms with Crippen molar-refractivity contribution < 1.29 is 18.4 Å². The van der Waals surface area contributed by atoms with Crippen molar-refractivity contribution in [2.75, 3.05) is 5.32 Å². The summed E-state index contributed by atoms with van der Waals surface area (Å²) in [6.45, 7) is 2.61. The molecule has 2 heterocycles. The van der Waals surface area contributed by atoms with Crippen LogP contribution in [0.2, 0.25) is 0 Å². The minimum absolute atomic E-state index is 0.000831. The predicted octanol–water partition coefficient (Wildman–Crippen LogP) is 2.31. The Hall–Kier alpha value is -2.77. The van der Waals surface area contributed by atoms with E-state index in [1.165, 1.54) is 6.20 Å². The molecule has 1 amide bonds. The molecule has 0 bridgehead atoms. The number of carbonyl (C=O) groups excluding carboxylic acids is 1. The first-order valence-corrected chi connectivity index (χ1v) is 7.08. The summed E-state index contributed by atoms with van der Waals surface area (Å²) in [6, 6.07) is 3.06. The fourth-order valence-electron chi connectivity index (χ4n) is 2.22. The van der Waals surface area contributed by atoms with Gasteiger partial charge < -0.3 is 10.2 Å². The number of hydrogen-bond donors (Lipinski definition) is 1. The second kappa shape index (κ2) is 6.15. The maximum Gasteiger partial charge on any atom is 0.268 e. The molecule has 1 aliphatic heterocycles. The topological polar surface area (TPSA) is 68.5 Å². The maximum absolute atomic E-state index is 13.7. The molecule has 1 aliphatic rings. The van der Waals surface area contributed by atoms with E-state index in [0.29, 0.717) is 12.2 Å². The number of benzene rings is 1. The lowest BCUT2D eigenvalue weighted by Gasteiger charge is -2.07. The van der Waals surface area contributed by atoms with Gasteiger partial charge in [-0.2, -0.15) is 5.10 Å². The van der Waals surface area contributed by atoms with Crippen LogP contribution in [0, 0.1) is 11.6 Å². The Morgan fingerprint density at radius 1 is 1.48 bits per heavy atom. The zero-order valence-electron chi connectivity index (χ0n) is 12.3. The molecule has 0 aliphatic carbocycles. The number of rotatable bonds is 4. The van der Waals surface area contributed by atoms with Gasteiger partial charge in [0.25, 0.3) is 5.91 Å². The molecule has 1 aromatic carbocycles. The molecule has 0 saturated heterocycles. The van der Waals surface area contributed by atoms with Gasteiger partial charge in [-0.15, -0.1) is 0 Å². The Morgan fingerprint density at radius 2 is 2.30 bits per heavy atom. The molecule has 3 rings (SSSR count). The van der Waals surface area contributed by atoms with E-state index >= 15 is 0 Å². The summed E-state index contributed by atoms with van der Waals surface area (Å²) in [5.74, 6) is -1.61. The first kappa shape index (κ1) is 15.1. The number of nitrogens with one attached hydrogen (secondary N) is 1. The average Bonchev–Trinajstić information content (AvgIpc) is 3.18. The molecule has 0 unspecified atom stereocenters. The second-order valence-corrected chi connectivity index (χ2v) is 5.03. The number of oxime groups is 1. The van der Waals surface area contributed by atoms with Crippen LogP contribution in [0.4, 0.5) is 14.5 Å². The number of anilines is 1. The van der Waals surface area contributed by atoms with E-state index in [1.54, 1.807) is 10.9 Å². The van der Waals surface area contributed by atoms with Crippen LogP contribution in [0.15, 0.2) is 35.7 Å². The van der Waals surface area contributed by atoms with Crippen LogP contribution >= 0.6 is 0 Å². The summed E-state index contributed by atoms with van der Waals surface area (Å²) in [4.78, 5) is 17.2. The number of aryl methyl sites for hydroxylation is 1. The molecule has 0 fully saturated rings. The average molecular weight is 320 g/mol. The number of nitrogens with zero attached hydrogens (tertiary/aromatic N) is 3. The summed E-state index contributed by atoms with van der Waals surface area (Å²) < 4.78 is 28.6. The molecule has 23 heavy (non-hydrogen) atoms. The monoisotopic (exact) mass is 320 g/mol. The zero-order chi connectivity index (χ0) is 16.4. The summed E-state index contributed by atoms with van der Waals surface area (Å²) in [7, 11) is 0. The van der Waals surface area contributed by atoms with E-state index in [-0.39, 0.29) is 17.7 Å². The fourth-order valence-corrected chi connectivity index (χ4v) is 2.22. The van der Waals surface area contributed by atoms with E-state index in [1.807, 2.05) is 6.92 Å². The summed E-state index contributed by atoms with van der Waals surface area (Å²) >= 11 is 0. The van der Waals surface area contributed by atoms with Crippen molar-refractivity contribution in [1.82, 2.24) is 9.78 Å². The molecule has 0 radical (unpaired) electrons. The van der Waals surface area contributed by atoms with Crippen molar-refractivity contribution in [3.8, 4) is 0 Å². The number of carbonyl (C=O) groups is 1. The highest BCUT2D eigenvalue weighted by atomic mass is 19.1. The summed E-state index contributed by atoms with van der Waals surface area (Å²) in [5, 5.41) is 10.4. The second-order valence-electron chi connectivity index (χ2n) is 5.03. The minimum atomic E-state index is -0.891. The lowest BCUT2D eigenvalue weighted by Crippen LogP contribution is -2.28. The molecule has 0 spiro atoms. The third-order valence-electron chi connectivity index (χ3n) is 3.43. The SMILES string of the molecule is CCn1cc(NC(=O)[C@@H]2CC(c3cc(F)ccc3F)=NO2)cn1. The van der Waals surface area contributed by atoms with Gasteiger partial charge in [0, 0.05) is 24.7 Å². The van der Waals surface area contributed by atoms with Gasteiger partial charge in [0.1, 0.15) is 11.6 Å².